The van der Waals surface area contributed by atoms with E-state index in [9.17, 15) is 13.2 Å². The molecule has 1 amide bonds. The van der Waals surface area contributed by atoms with E-state index in [0.29, 0.717) is 15.8 Å². The summed E-state index contributed by atoms with van der Waals surface area (Å²) in [6.07, 6.45) is 1.07. The molecule has 0 aliphatic rings. The number of benzene rings is 1. The van der Waals surface area contributed by atoms with Gasteiger partial charge in [-0.1, -0.05) is 0 Å². The van der Waals surface area contributed by atoms with Crippen LogP contribution >= 0.6 is 15.9 Å². The molecule has 0 bridgehead atoms. The Hall–Kier alpha value is -1.08. The maximum Gasteiger partial charge on any atom is 0.229 e. The number of hydrogen-bond acceptors (Lipinski definition) is 3. The summed E-state index contributed by atoms with van der Waals surface area (Å²) in [7, 11) is -3.29. The third-order valence-corrected chi connectivity index (χ3v) is 2.85. The van der Waals surface area contributed by atoms with Gasteiger partial charge in [0.2, 0.25) is 15.9 Å². The zero-order valence-corrected chi connectivity index (χ0v) is 11.1. The molecule has 7 heteroatoms. The van der Waals surface area contributed by atoms with Crippen LogP contribution in [0, 0.1) is 0 Å². The fourth-order valence-electron chi connectivity index (χ4n) is 1.08. The predicted octanol–water partition coefficient (Wildman–Crippen LogP) is 1.78. The first-order valence-electron chi connectivity index (χ1n) is 4.33. The number of hydrogen-bond donors (Lipinski definition) is 2. The van der Waals surface area contributed by atoms with Gasteiger partial charge in [0.25, 0.3) is 0 Å². The molecule has 0 spiro atoms. The van der Waals surface area contributed by atoms with Crippen molar-refractivity contribution in [1.29, 1.82) is 0 Å². The Morgan fingerprint density at radius 3 is 2.44 bits per heavy atom. The number of sulfonamides is 1. The maximum absolute atomic E-state index is 11.0. The van der Waals surface area contributed by atoms with Crippen molar-refractivity contribution in [2.45, 2.75) is 6.92 Å². The number of carbonyl (C=O) groups is 1. The summed E-state index contributed by atoms with van der Waals surface area (Å²) in [5, 5.41) is 2.60. The topological polar surface area (TPSA) is 75.3 Å². The van der Waals surface area contributed by atoms with Crippen molar-refractivity contribution < 1.29 is 13.2 Å². The molecule has 0 radical (unpaired) electrons. The van der Waals surface area contributed by atoms with Crippen molar-refractivity contribution in [2.75, 3.05) is 16.3 Å². The third kappa shape index (κ3) is 4.19. The van der Waals surface area contributed by atoms with Gasteiger partial charge in [0.1, 0.15) is 0 Å². The van der Waals surface area contributed by atoms with Crippen molar-refractivity contribution in [3.05, 3.63) is 22.7 Å². The average Bonchev–Trinajstić information content (AvgIpc) is 2.06. The minimum Gasteiger partial charge on any atom is -0.325 e. The second kappa shape index (κ2) is 4.84. The Kier molecular flexibility index (Phi) is 3.93. The molecule has 88 valence electrons. The summed E-state index contributed by atoms with van der Waals surface area (Å²) in [5.41, 5.74) is 1.02. The van der Waals surface area contributed by atoms with Gasteiger partial charge in [0.05, 0.1) is 11.9 Å². The van der Waals surface area contributed by atoms with Crippen LogP contribution in [0.4, 0.5) is 11.4 Å². The summed E-state index contributed by atoms with van der Waals surface area (Å²) >= 11 is 3.23. The van der Waals surface area contributed by atoms with E-state index in [0.717, 1.165) is 6.26 Å². The molecule has 1 aromatic carbocycles. The largest absolute Gasteiger partial charge is 0.325 e. The van der Waals surface area contributed by atoms with Crippen molar-refractivity contribution in [1.82, 2.24) is 0 Å². The first-order valence-corrected chi connectivity index (χ1v) is 7.01. The lowest BCUT2D eigenvalue weighted by Crippen LogP contribution is -2.10. The number of halogens is 1. The van der Waals surface area contributed by atoms with E-state index < -0.39 is 10.0 Å². The maximum atomic E-state index is 11.0. The van der Waals surface area contributed by atoms with Gasteiger partial charge in [-0.15, -0.1) is 0 Å². The number of rotatable bonds is 3. The van der Waals surface area contributed by atoms with Gasteiger partial charge in [-0.25, -0.2) is 8.42 Å². The van der Waals surface area contributed by atoms with Crippen LogP contribution in [0.2, 0.25) is 0 Å². The Morgan fingerprint density at radius 2 is 2.00 bits per heavy atom. The van der Waals surface area contributed by atoms with Crippen LogP contribution in [0.1, 0.15) is 6.92 Å². The van der Waals surface area contributed by atoms with Crippen molar-refractivity contribution in [3.63, 3.8) is 0 Å². The molecule has 0 aromatic heterocycles. The molecule has 0 heterocycles. The Bertz CT molecular complexity index is 513. The average molecular weight is 307 g/mol. The van der Waals surface area contributed by atoms with Gasteiger partial charge in [0, 0.05) is 17.1 Å². The molecule has 0 unspecified atom stereocenters. The monoisotopic (exact) mass is 306 g/mol. The van der Waals surface area contributed by atoms with E-state index in [4.69, 9.17) is 0 Å². The van der Waals surface area contributed by atoms with Crippen LogP contribution in [0.5, 0.6) is 0 Å². The number of anilines is 2. The fraction of sp³-hybridized carbons (Fsp3) is 0.222. The second-order valence-corrected chi connectivity index (χ2v) is 5.85. The van der Waals surface area contributed by atoms with Crippen LogP contribution < -0.4 is 10.0 Å². The van der Waals surface area contributed by atoms with Gasteiger partial charge in [-0.05, 0) is 34.1 Å². The zero-order valence-electron chi connectivity index (χ0n) is 8.74. The highest BCUT2D eigenvalue weighted by atomic mass is 79.9. The third-order valence-electron chi connectivity index (χ3n) is 1.58. The summed E-state index contributed by atoms with van der Waals surface area (Å²) in [5.74, 6) is -0.190. The highest BCUT2D eigenvalue weighted by Gasteiger charge is 2.06. The van der Waals surface area contributed by atoms with E-state index in [-0.39, 0.29) is 5.91 Å². The molecule has 0 atom stereocenters. The molecular weight excluding hydrogens is 296 g/mol. The standard InChI is InChI=1S/C9H11BrN2O3S/c1-6(13)11-9-4-3-7(5-8(9)10)12-16(2,14)15/h3-5,12H,1-2H3,(H,11,13). The van der Waals surface area contributed by atoms with Crippen LogP contribution in [0.15, 0.2) is 22.7 Å². The molecule has 0 aliphatic heterocycles. The molecule has 0 fully saturated rings. The smallest absolute Gasteiger partial charge is 0.229 e. The molecule has 0 aliphatic carbocycles. The first kappa shape index (κ1) is 13.0. The quantitative estimate of drug-likeness (QED) is 0.894. The van der Waals surface area contributed by atoms with Crippen LogP contribution in [0.3, 0.4) is 0 Å². The van der Waals surface area contributed by atoms with Crippen molar-refractivity contribution in [2.24, 2.45) is 0 Å². The summed E-state index contributed by atoms with van der Waals surface area (Å²) in [4.78, 5) is 10.8. The predicted molar refractivity (Wildman–Crippen MR) is 66.9 cm³/mol. The van der Waals surface area contributed by atoms with Gasteiger partial charge in [-0.3, -0.25) is 9.52 Å². The van der Waals surface area contributed by atoms with Crippen LogP contribution in [-0.2, 0) is 14.8 Å². The lowest BCUT2D eigenvalue weighted by atomic mass is 10.3. The number of carbonyl (C=O) groups excluding carboxylic acids is 1. The van der Waals surface area contributed by atoms with E-state index in [2.05, 4.69) is 26.0 Å². The second-order valence-electron chi connectivity index (χ2n) is 3.25. The van der Waals surface area contributed by atoms with E-state index in [1.165, 1.54) is 6.92 Å². The lowest BCUT2D eigenvalue weighted by Gasteiger charge is -2.08. The van der Waals surface area contributed by atoms with E-state index in [1.807, 2.05) is 0 Å². The molecule has 0 saturated heterocycles. The number of nitrogens with one attached hydrogen (secondary N) is 2. The van der Waals surface area contributed by atoms with E-state index in [1.54, 1.807) is 18.2 Å². The molecule has 16 heavy (non-hydrogen) atoms. The molecule has 2 N–H and O–H groups in total. The molecule has 5 nitrogen and oxygen atoms in total. The van der Waals surface area contributed by atoms with Crippen molar-refractivity contribution >= 4 is 43.2 Å². The SMILES string of the molecule is CC(=O)Nc1ccc(NS(C)(=O)=O)cc1Br. The van der Waals surface area contributed by atoms with Gasteiger partial charge in [0.15, 0.2) is 0 Å². The highest BCUT2D eigenvalue weighted by Crippen LogP contribution is 2.26. The Labute approximate surface area is 102 Å². The minimum absolute atomic E-state index is 0.190. The minimum atomic E-state index is -3.29. The summed E-state index contributed by atoms with van der Waals surface area (Å²) in [6.45, 7) is 1.40. The summed E-state index contributed by atoms with van der Waals surface area (Å²) < 4.78 is 24.9. The first-order chi connectivity index (χ1) is 7.28. The number of amides is 1. The molecule has 0 saturated carbocycles. The normalized spacial score (nSPS) is 10.9. The van der Waals surface area contributed by atoms with E-state index >= 15 is 0 Å². The highest BCUT2D eigenvalue weighted by molar-refractivity contribution is 9.10. The fourth-order valence-corrected chi connectivity index (χ4v) is 2.12. The Balaban J connectivity index is 2.95. The van der Waals surface area contributed by atoms with Crippen molar-refractivity contribution in [3.8, 4) is 0 Å². The van der Waals surface area contributed by atoms with Crippen LogP contribution in [0.25, 0.3) is 0 Å². The van der Waals surface area contributed by atoms with Gasteiger partial charge in [-0.2, -0.15) is 0 Å². The molecular formula is C9H11BrN2O3S. The van der Waals surface area contributed by atoms with Gasteiger partial charge < -0.3 is 5.32 Å². The van der Waals surface area contributed by atoms with Gasteiger partial charge >= 0.3 is 0 Å². The lowest BCUT2D eigenvalue weighted by molar-refractivity contribution is -0.114. The van der Waals surface area contributed by atoms with Crippen LogP contribution in [-0.4, -0.2) is 20.6 Å². The molecule has 1 aromatic rings. The Morgan fingerprint density at radius 1 is 1.38 bits per heavy atom. The summed E-state index contributed by atoms with van der Waals surface area (Å²) in [6, 6.07) is 4.75. The molecule has 1 rings (SSSR count). The zero-order chi connectivity index (χ0) is 12.3.